The van der Waals surface area contributed by atoms with Crippen molar-refractivity contribution in [3.05, 3.63) is 30.0 Å². The summed E-state index contributed by atoms with van der Waals surface area (Å²) in [6.45, 7) is 0. The lowest BCUT2D eigenvalue weighted by Gasteiger charge is -2.03. The van der Waals surface area contributed by atoms with Crippen LogP contribution in [0.3, 0.4) is 0 Å². The second-order valence-electron chi connectivity index (χ2n) is 3.37. The summed E-state index contributed by atoms with van der Waals surface area (Å²) in [4.78, 5) is 11.4. The molecule has 0 fully saturated rings. The largest absolute Gasteiger partial charge is 0.464 e. The maximum absolute atomic E-state index is 11.4. The quantitative estimate of drug-likeness (QED) is 0.566. The second-order valence-corrected chi connectivity index (χ2v) is 3.37. The number of carbonyl (C=O) groups is 1. The second kappa shape index (κ2) is 3.31. The Hall–Kier alpha value is -1.97. The number of rotatable bonds is 1. The number of fused-ring (bicyclic) bond motifs is 1. The van der Waals surface area contributed by atoms with Gasteiger partial charge < -0.3 is 15.0 Å². The van der Waals surface area contributed by atoms with Crippen LogP contribution in [0.5, 0.6) is 0 Å². The molecule has 4 heteroatoms. The van der Waals surface area contributed by atoms with Crippen molar-refractivity contribution in [1.82, 2.24) is 4.57 Å². The maximum Gasteiger partial charge on any atom is 0.354 e. The number of ether oxygens (including phenoxy) is 1. The Morgan fingerprint density at radius 2 is 2.20 bits per heavy atom. The van der Waals surface area contributed by atoms with Crippen molar-refractivity contribution in [2.75, 3.05) is 12.8 Å². The topological polar surface area (TPSA) is 57.2 Å². The van der Waals surface area contributed by atoms with Crippen molar-refractivity contribution in [2.45, 2.75) is 0 Å². The molecule has 0 aliphatic rings. The standard InChI is InChI=1S/C11H12N2O2/c1-13-9(11(14)15-2)6-7-4-3-5-8(12)10(7)13/h3-6H,12H2,1-2H3. The van der Waals surface area contributed by atoms with E-state index in [9.17, 15) is 4.79 Å². The number of hydrogen-bond acceptors (Lipinski definition) is 3. The molecule has 0 saturated heterocycles. The van der Waals surface area contributed by atoms with Gasteiger partial charge in [-0.25, -0.2) is 4.79 Å². The van der Waals surface area contributed by atoms with E-state index in [2.05, 4.69) is 4.74 Å². The smallest absolute Gasteiger partial charge is 0.354 e. The third-order valence-corrected chi connectivity index (χ3v) is 2.48. The van der Waals surface area contributed by atoms with Crippen LogP contribution in [-0.4, -0.2) is 17.6 Å². The molecule has 78 valence electrons. The van der Waals surface area contributed by atoms with Crippen LogP contribution in [0.4, 0.5) is 5.69 Å². The minimum absolute atomic E-state index is 0.354. The molecule has 2 N–H and O–H groups in total. The first-order chi connectivity index (χ1) is 7.15. The van der Waals surface area contributed by atoms with Gasteiger partial charge in [0.05, 0.1) is 18.3 Å². The summed E-state index contributed by atoms with van der Waals surface area (Å²) in [5, 5.41) is 0.943. The van der Waals surface area contributed by atoms with E-state index in [0.717, 1.165) is 10.9 Å². The summed E-state index contributed by atoms with van der Waals surface area (Å²) in [7, 11) is 3.16. The fourth-order valence-corrected chi connectivity index (χ4v) is 1.75. The molecule has 15 heavy (non-hydrogen) atoms. The van der Waals surface area contributed by atoms with Crippen LogP contribution in [0.15, 0.2) is 24.3 Å². The molecule has 2 aromatic rings. The number of aromatic nitrogens is 1. The number of para-hydroxylation sites is 1. The molecule has 0 spiro atoms. The van der Waals surface area contributed by atoms with Gasteiger partial charge in [0, 0.05) is 12.4 Å². The van der Waals surface area contributed by atoms with Crippen molar-refractivity contribution in [1.29, 1.82) is 0 Å². The highest BCUT2D eigenvalue weighted by Crippen LogP contribution is 2.24. The van der Waals surface area contributed by atoms with Gasteiger partial charge in [0.15, 0.2) is 0 Å². The summed E-state index contributed by atoms with van der Waals surface area (Å²) in [5.41, 5.74) is 7.86. The van der Waals surface area contributed by atoms with Crippen LogP contribution >= 0.6 is 0 Å². The number of esters is 1. The Bertz CT molecular complexity index is 529. The third kappa shape index (κ3) is 1.34. The van der Waals surface area contributed by atoms with Crippen LogP contribution in [0.25, 0.3) is 10.9 Å². The van der Waals surface area contributed by atoms with Crippen molar-refractivity contribution in [3.63, 3.8) is 0 Å². The predicted molar refractivity (Wildman–Crippen MR) is 58.7 cm³/mol. The average molecular weight is 204 g/mol. The molecule has 4 nitrogen and oxygen atoms in total. The molecular weight excluding hydrogens is 192 g/mol. The van der Waals surface area contributed by atoms with Gasteiger partial charge in [-0.05, 0) is 12.1 Å². The Kier molecular flexibility index (Phi) is 2.11. The number of methoxy groups -OCH3 is 1. The van der Waals surface area contributed by atoms with Crippen molar-refractivity contribution < 1.29 is 9.53 Å². The van der Waals surface area contributed by atoms with E-state index >= 15 is 0 Å². The molecule has 0 aliphatic carbocycles. The third-order valence-electron chi connectivity index (χ3n) is 2.48. The number of nitrogen functional groups attached to an aromatic ring is 1. The highest BCUT2D eigenvalue weighted by atomic mass is 16.5. The molecule has 1 aromatic heterocycles. The lowest BCUT2D eigenvalue weighted by atomic mass is 10.2. The zero-order valence-corrected chi connectivity index (χ0v) is 8.65. The predicted octanol–water partition coefficient (Wildman–Crippen LogP) is 1.55. The van der Waals surface area contributed by atoms with Gasteiger partial charge >= 0.3 is 5.97 Å². The van der Waals surface area contributed by atoms with Crippen molar-refractivity contribution in [3.8, 4) is 0 Å². The number of hydrogen-bond donors (Lipinski definition) is 1. The summed E-state index contributed by atoms with van der Waals surface area (Å²) < 4.78 is 6.43. The zero-order valence-electron chi connectivity index (χ0n) is 8.65. The van der Waals surface area contributed by atoms with Gasteiger partial charge in [-0.2, -0.15) is 0 Å². The van der Waals surface area contributed by atoms with E-state index < -0.39 is 0 Å². The van der Waals surface area contributed by atoms with Gasteiger partial charge in [0.25, 0.3) is 0 Å². The number of carbonyl (C=O) groups excluding carboxylic acids is 1. The number of nitrogens with two attached hydrogens (primary N) is 1. The first-order valence-electron chi connectivity index (χ1n) is 4.57. The molecule has 2 rings (SSSR count). The minimum atomic E-state index is -0.354. The average Bonchev–Trinajstić information content (AvgIpc) is 2.56. The molecule has 0 unspecified atom stereocenters. The lowest BCUT2D eigenvalue weighted by molar-refractivity contribution is 0.0590. The highest BCUT2D eigenvalue weighted by Gasteiger charge is 2.14. The molecule has 1 aromatic carbocycles. The highest BCUT2D eigenvalue weighted by molar-refractivity contribution is 5.99. The fraction of sp³-hybridized carbons (Fsp3) is 0.182. The monoisotopic (exact) mass is 204 g/mol. The number of nitrogens with zero attached hydrogens (tertiary/aromatic N) is 1. The van der Waals surface area contributed by atoms with E-state index in [1.54, 1.807) is 17.7 Å². The van der Waals surface area contributed by atoms with Gasteiger partial charge in [-0.15, -0.1) is 0 Å². The van der Waals surface area contributed by atoms with Crippen LogP contribution < -0.4 is 5.73 Å². The Morgan fingerprint density at radius 1 is 1.47 bits per heavy atom. The van der Waals surface area contributed by atoms with Gasteiger partial charge in [-0.1, -0.05) is 12.1 Å². The number of aryl methyl sites for hydroxylation is 1. The molecule has 0 atom stereocenters. The summed E-state index contributed by atoms with van der Waals surface area (Å²) in [6, 6.07) is 7.36. The molecule has 0 radical (unpaired) electrons. The van der Waals surface area contributed by atoms with E-state index in [1.165, 1.54) is 7.11 Å². The van der Waals surface area contributed by atoms with Crippen LogP contribution in [0, 0.1) is 0 Å². The molecular formula is C11H12N2O2. The van der Waals surface area contributed by atoms with E-state index in [1.807, 2.05) is 18.2 Å². The summed E-state index contributed by atoms with van der Waals surface area (Å²) >= 11 is 0. The lowest BCUT2D eigenvalue weighted by Crippen LogP contribution is -2.07. The molecule has 0 amide bonds. The number of benzene rings is 1. The summed E-state index contributed by atoms with van der Waals surface area (Å²) in [6.07, 6.45) is 0. The molecule has 0 aliphatic heterocycles. The van der Waals surface area contributed by atoms with Crippen LogP contribution in [0.2, 0.25) is 0 Å². The summed E-state index contributed by atoms with van der Waals surface area (Å²) in [5.74, 6) is -0.354. The first kappa shape index (κ1) is 9.58. The zero-order chi connectivity index (χ0) is 11.0. The van der Waals surface area contributed by atoms with E-state index in [-0.39, 0.29) is 5.97 Å². The van der Waals surface area contributed by atoms with Crippen molar-refractivity contribution >= 4 is 22.6 Å². The van der Waals surface area contributed by atoms with Gasteiger partial charge in [0.2, 0.25) is 0 Å². The minimum Gasteiger partial charge on any atom is -0.464 e. The fourth-order valence-electron chi connectivity index (χ4n) is 1.75. The molecule has 1 heterocycles. The van der Waals surface area contributed by atoms with Crippen LogP contribution in [0.1, 0.15) is 10.5 Å². The van der Waals surface area contributed by atoms with E-state index in [0.29, 0.717) is 11.4 Å². The first-order valence-corrected chi connectivity index (χ1v) is 4.57. The normalized spacial score (nSPS) is 10.5. The Morgan fingerprint density at radius 3 is 2.80 bits per heavy atom. The SMILES string of the molecule is COC(=O)c1cc2cccc(N)c2n1C. The van der Waals surface area contributed by atoms with Crippen molar-refractivity contribution in [2.24, 2.45) is 7.05 Å². The van der Waals surface area contributed by atoms with Gasteiger partial charge in [0.1, 0.15) is 5.69 Å². The van der Waals surface area contributed by atoms with Gasteiger partial charge in [-0.3, -0.25) is 0 Å². The Balaban J connectivity index is 2.75. The molecule has 0 bridgehead atoms. The number of anilines is 1. The maximum atomic E-state index is 11.4. The van der Waals surface area contributed by atoms with E-state index in [4.69, 9.17) is 5.73 Å². The Labute approximate surface area is 87.2 Å². The van der Waals surface area contributed by atoms with Crippen LogP contribution in [-0.2, 0) is 11.8 Å². The molecule has 0 saturated carbocycles.